The third kappa shape index (κ3) is 4.07. The van der Waals surface area contributed by atoms with Gasteiger partial charge in [0.15, 0.2) is 0 Å². The van der Waals surface area contributed by atoms with Crippen molar-refractivity contribution in [2.45, 2.75) is 19.3 Å². The Labute approximate surface area is 109 Å². The van der Waals surface area contributed by atoms with Crippen molar-refractivity contribution < 1.29 is 9.13 Å². The maximum atomic E-state index is 13.6. The first-order valence-corrected chi connectivity index (χ1v) is 6.74. The molecule has 1 fully saturated rings. The predicted molar refractivity (Wildman–Crippen MR) is 71.1 cm³/mol. The Kier molecular flexibility index (Phi) is 5.14. The standard InChI is InChI=1S/C15H22FNO/c1-18-9-8-17-11-14(12-6-7-12)10-13-4-2-3-5-15(13)16/h2-5,12,14,17H,6-11H2,1H3. The van der Waals surface area contributed by atoms with Gasteiger partial charge in [0.05, 0.1) is 6.61 Å². The Bertz CT molecular complexity index is 365. The molecule has 1 aliphatic rings. The molecule has 1 unspecified atom stereocenters. The van der Waals surface area contributed by atoms with Gasteiger partial charge in [-0.2, -0.15) is 0 Å². The number of halogens is 1. The topological polar surface area (TPSA) is 21.3 Å². The fourth-order valence-corrected chi connectivity index (χ4v) is 2.38. The first-order chi connectivity index (χ1) is 8.81. The van der Waals surface area contributed by atoms with Crippen LogP contribution in [0.4, 0.5) is 4.39 Å². The third-order valence-electron chi connectivity index (χ3n) is 3.62. The number of nitrogens with one attached hydrogen (secondary N) is 1. The highest BCUT2D eigenvalue weighted by Gasteiger charge is 2.31. The van der Waals surface area contributed by atoms with Gasteiger partial charge in [-0.15, -0.1) is 0 Å². The summed E-state index contributed by atoms with van der Waals surface area (Å²) in [6.45, 7) is 2.57. The Morgan fingerprint density at radius 2 is 2.17 bits per heavy atom. The molecule has 2 nitrogen and oxygen atoms in total. The van der Waals surface area contributed by atoms with Crippen LogP contribution in [-0.2, 0) is 11.2 Å². The van der Waals surface area contributed by atoms with Crippen molar-refractivity contribution in [3.8, 4) is 0 Å². The zero-order chi connectivity index (χ0) is 12.8. The molecule has 18 heavy (non-hydrogen) atoms. The zero-order valence-corrected chi connectivity index (χ0v) is 11.0. The van der Waals surface area contributed by atoms with Crippen LogP contribution < -0.4 is 5.32 Å². The molecule has 1 saturated carbocycles. The normalized spacial score (nSPS) is 16.8. The quantitative estimate of drug-likeness (QED) is 0.717. The lowest BCUT2D eigenvalue weighted by atomic mass is 9.94. The SMILES string of the molecule is COCCNCC(Cc1ccccc1F)C1CC1. The van der Waals surface area contributed by atoms with Crippen molar-refractivity contribution >= 4 is 0 Å². The molecule has 1 atom stereocenters. The van der Waals surface area contributed by atoms with Crippen LogP contribution in [0.2, 0.25) is 0 Å². The fraction of sp³-hybridized carbons (Fsp3) is 0.600. The van der Waals surface area contributed by atoms with E-state index in [1.165, 1.54) is 12.8 Å². The average Bonchev–Trinajstić information content (AvgIpc) is 3.20. The summed E-state index contributed by atoms with van der Waals surface area (Å²) in [6, 6.07) is 7.13. The molecule has 0 radical (unpaired) electrons. The second-order valence-electron chi connectivity index (χ2n) is 5.09. The lowest BCUT2D eigenvalue weighted by molar-refractivity contribution is 0.197. The maximum absolute atomic E-state index is 13.6. The van der Waals surface area contributed by atoms with Crippen molar-refractivity contribution in [2.75, 3.05) is 26.8 Å². The van der Waals surface area contributed by atoms with E-state index in [-0.39, 0.29) is 5.82 Å². The Morgan fingerprint density at radius 3 is 2.83 bits per heavy atom. The molecule has 1 aliphatic carbocycles. The van der Waals surface area contributed by atoms with Crippen LogP contribution in [0.15, 0.2) is 24.3 Å². The van der Waals surface area contributed by atoms with Crippen LogP contribution in [0.5, 0.6) is 0 Å². The molecule has 0 saturated heterocycles. The summed E-state index contributed by atoms with van der Waals surface area (Å²) in [4.78, 5) is 0. The van der Waals surface area contributed by atoms with E-state index in [1.807, 2.05) is 12.1 Å². The number of benzene rings is 1. The van der Waals surface area contributed by atoms with Crippen molar-refractivity contribution in [1.82, 2.24) is 5.32 Å². The van der Waals surface area contributed by atoms with Crippen molar-refractivity contribution in [2.24, 2.45) is 11.8 Å². The first-order valence-electron chi connectivity index (χ1n) is 6.74. The number of ether oxygens (including phenoxy) is 1. The van der Waals surface area contributed by atoms with Crippen LogP contribution in [0.1, 0.15) is 18.4 Å². The van der Waals surface area contributed by atoms with E-state index in [1.54, 1.807) is 19.2 Å². The van der Waals surface area contributed by atoms with Gasteiger partial charge < -0.3 is 10.1 Å². The largest absolute Gasteiger partial charge is 0.383 e. The smallest absolute Gasteiger partial charge is 0.126 e. The summed E-state index contributed by atoms with van der Waals surface area (Å²) in [7, 11) is 1.71. The number of rotatable bonds is 8. The van der Waals surface area contributed by atoms with Gasteiger partial charge in [-0.05, 0) is 49.3 Å². The molecular formula is C15H22FNO. The minimum absolute atomic E-state index is 0.0694. The van der Waals surface area contributed by atoms with E-state index in [2.05, 4.69) is 5.32 Å². The zero-order valence-electron chi connectivity index (χ0n) is 11.0. The molecule has 1 aromatic rings. The molecule has 2 rings (SSSR count). The van der Waals surface area contributed by atoms with Crippen molar-refractivity contribution in [3.05, 3.63) is 35.6 Å². The highest BCUT2D eigenvalue weighted by atomic mass is 19.1. The van der Waals surface area contributed by atoms with Gasteiger partial charge in [-0.3, -0.25) is 0 Å². The van der Waals surface area contributed by atoms with Gasteiger partial charge in [0.1, 0.15) is 5.82 Å². The van der Waals surface area contributed by atoms with E-state index in [0.717, 1.165) is 37.6 Å². The summed E-state index contributed by atoms with van der Waals surface area (Å²) in [5.74, 6) is 1.26. The minimum Gasteiger partial charge on any atom is -0.383 e. The lowest BCUT2D eigenvalue weighted by Gasteiger charge is -2.17. The molecule has 0 aromatic heterocycles. The van der Waals surface area contributed by atoms with Crippen molar-refractivity contribution in [1.29, 1.82) is 0 Å². The monoisotopic (exact) mass is 251 g/mol. The van der Waals surface area contributed by atoms with E-state index < -0.39 is 0 Å². The summed E-state index contributed by atoms with van der Waals surface area (Å²) in [5.41, 5.74) is 0.850. The molecule has 1 N–H and O–H groups in total. The van der Waals surface area contributed by atoms with Crippen LogP contribution in [-0.4, -0.2) is 26.8 Å². The van der Waals surface area contributed by atoms with Gasteiger partial charge in [-0.25, -0.2) is 4.39 Å². The van der Waals surface area contributed by atoms with Gasteiger partial charge in [-0.1, -0.05) is 18.2 Å². The fourth-order valence-electron chi connectivity index (χ4n) is 2.38. The Balaban J connectivity index is 1.84. The second-order valence-corrected chi connectivity index (χ2v) is 5.09. The molecule has 0 spiro atoms. The van der Waals surface area contributed by atoms with E-state index in [0.29, 0.717) is 5.92 Å². The average molecular weight is 251 g/mol. The molecule has 100 valence electrons. The van der Waals surface area contributed by atoms with E-state index in [4.69, 9.17) is 4.74 Å². The summed E-state index contributed by atoms with van der Waals surface area (Å²) in [6.07, 6.45) is 3.44. The van der Waals surface area contributed by atoms with Gasteiger partial charge in [0.25, 0.3) is 0 Å². The molecule has 1 aromatic carbocycles. The predicted octanol–water partition coefficient (Wildman–Crippen LogP) is 2.63. The maximum Gasteiger partial charge on any atom is 0.126 e. The van der Waals surface area contributed by atoms with Crippen LogP contribution in [0, 0.1) is 17.7 Å². The highest BCUT2D eigenvalue weighted by Crippen LogP contribution is 2.38. The van der Waals surface area contributed by atoms with Crippen molar-refractivity contribution in [3.63, 3.8) is 0 Å². The number of methoxy groups -OCH3 is 1. The molecule has 0 bridgehead atoms. The minimum atomic E-state index is -0.0694. The number of hydrogen-bond acceptors (Lipinski definition) is 2. The van der Waals surface area contributed by atoms with Gasteiger partial charge >= 0.3 is 0 Å². The molecular weight excluding hydrogens is 229 g/mol. The van der Waals surface area contributed by atoms with Crippen LogP contribution in [0.25, 0.3) is 0 Å². The second kappa shape index (κ2) is 6.86. The highest BCUT2D eigenvalue weighted by molar-refractivity contribution is 5.18. The van der Waals surface area contributed by atoms with E-state index >= 15 is 0 Å². The van der Waals surface area contributed by atoms with Gasteiger partial charge in [0.2, 0.25) is 0 Å². The lowest BCUT2D eigenvalue weighted by Crippen LogP contribution is -2.28. The van der Waals surface area contributed by atoms with Crippen LogP contribution in [0.3, 0.4) is 0 Å². The van der Waals surface area contributed by atoms with E-state index in [9.17, 15) is 4.39 Å². The first kappa shape index (κ1) is 13.5. The Morgan fingerprint density at radius 1 is 1.39 bits per heavy atom. The molecule has 0 amide bonds. The summed E-state index contributed by atoms with van der Waals surface area (Å²) in [5, 5.41) is 3.40. The molecule has 0 heterocycles. The summed E-state index contributed by atoms with van der Waals surface area (Å²) >= 11 is 0. The Hall–Kier alpha value is -0.930. The number of hydrogen-bond donors (Lipinski definition) is 1. The third-order valence-corrected chi connectivity index (χ3v) is 3.62. The molecule has 0 aliphatic heterocycles. The molecule has 3 heteroatoms. The van der Waals surface area contributed by atoms with Crippen LogP contribution >= 0.6 is 0 Å². The summed E-state index contributed by atoms with van der Waals surface area (Å²) < 4.78 is 18.7. The van der Waals surface area contributed by atoms with Gasteiger partial charge in [0, 0.05) is 13.7 Å².